The zero-order valence-electron chi connectivity index (χ0n) is 22.7. The molecule has 1 aliphatic carbocycles. The van der Waals surface area contributed by atoms with Gasteiger partial charge in [0.2, 0.25) is 5.91 Å². The summed E-state index contributed by atoms with van der Waals surface area (Å²) in [5.74, 6) is 0.356. The number of benzene rings is 1. The highest BCUT2D eigenvalue weighted by Gasteiger charge is 2.41. The maximum Gasteiger partial charge on any atom is 0.239 e. The van der Waals surface area contributed by atoms with Crippen LogP contribution in [0, 0.1) is 11.8 Å². The van der Waals surface area contributed by atoms with Crippen molar-refractivity contribution in [3.05, 3.63) is 114 Å². The molecule has 2 aliphatic heterocycles. The molecule has 204 valence electrons. The van der Waals surface area contributed by atoms with Crippen LogP contribution >= 0.6 is 0 Å². The van der Waals surface area contributed by atoms with E-state index in [0.29, 0.717) is 17.3 Å². The molecular weight excluding hydrogens is 502 g/mol. The molecule has 0 fully saturated rings. The first kappa shape index (κ1) is 26.7. The average molecular weight is 536 g/mol. The van der Waals surface area contributed by atoms with Crippen molar-refractivity contribution in [1.29, 1.82) is 0 Å². The van der Waals surface area contributed by atoms with Crippen molar-refractivity contribution in [2.75, 3.05) is 12.0 Å². The highest BCUT2D eigenvalue weighted by Crippen LogP contribution is 2.42. The van der Waals surface area contributed by atoms with Crippen molar-refractivity contribution in [3.8, 4) is 5.75 Å². The minimum atomic E-state index is -0.432. The number of nitrogens with zero attached hydrogens (tertiary/aromatic N) is 4. The van der Waals surface area contributed by atoms with Crippen LogP contribution in [0.25, 0.3) is 0 Å². The minimum Gasteiger partial charge on any atom is -0.495 e. The lowest BCUT2D eigenvalue weighted by Crippen LogP contribution is -2.47. The number of carbonyl (C=O) groups is 1. The van der Waals surface area contributed by atoms with Gasteiger partial charge in [-0.2, -0.15) is 4.99 Å². The fraction of sp³-hybridized carbons (Fsp3) is 0.226. The molecule has 1 aromatic carbocycles. The van der Waals surface area contributed by atoms with Gasteiger partial charge in [0.15, 0.2) is 11.8 Å². The molecular formula is C31H33N7O2. The van der Waals surface area contributed by atoms with Crippen molar-refractivity contribution in [3.63, 3.8) is 0 Å². The third kappa shape index (κ3) is 5.31. The third-order valence-corrected chi connectivity index (χ3v) is 7.17. The maximum absolute atomic E-state index is 14.4. The Morgan fingerprint density at radius 2 is 1.95 bits per heavy atom. The van der Waals surface area contributed by atoms with Crippen LogP contribution in [0.15, 0.2) is 118 Å². The van der Waals surface area contributed by atoms with Crippen LogP contribution in [0.5, 0.6) is 5.75 Å². The number of anilines is 1. The highest BCUT2D eigenvalue weighted by atomic mass is 16.5. The van der Waals surface area contributed by atoms with Crippen molar-refractivity contribution in [2.24, 2.45) is 33.3 Å². The lowest BCUT2D eigenvalue weighted by atomic mass is 9.75. The number of aromatic nitrogens is 1. The molecule has 3 aliphatic rings. The summed E-state index contributed by atoms with van der Waals surface area (Å²) in [7, 11) is 1.61. The van der Waals surface area contributed by atoms with E-state index in [4.69, 9.17) is 16.2 Å². The average Bonchev–Trinajstić information content (AvgIpc) is 2.97. The molecule has 0 bridgehead atoms. The van der Waals surface area contributed by atoms with Gasteiger partial charge in [0.25, 0.3) is 0 Å². The van der Waals surface area contributed by atoms with Crippen LogP contribution in [0.2, 0.25) is 0 Å². The van der Waals surface area contributed by atoms with Gasteiger partial charge in [-0.25, -0.2) is 0 Å². The summed E-state index contributed by atoms with van der Waals surface area (Å²) < 4.78 is 5.41. The molecule has 3 unspecified atom stereocenters. The summed E-state index contributed by atoms with van der Waals surface area (Å²) >= 11 is 0. The zero-order valence-corrected chi connectivity index (χ0v) is 22.7. The maximum atomic E-state index is 14.4. The number of guanidine groups is 1. The van der Waals surface area contributed by atoms with Crippen LogP contribution < -0.4 is 26.4 Å². The molecule has 9 nitrogen and oxygen atoms in total. The molecule has 40 heavy (non-hydrogen) atoms. The third-order valence-electron chi connectivity index (χ3n) is 7.17. The molecule has 0 saturated carbocycles. The molecule has 3 heterocycles. The summed E-state index contributed by atoms with van der Waals surface area (Å²) in [6.07, 6.45) is 17.2. The Morgan fingerprint density at radius 3 is 2.67 bits per heavy atom. The Bertz CT molecular complexity index is 1500. The van der Waals surface area contributed by atoms with Crippen LogP contribution in [-0.2, 0) is 4.79 Å². The van der Waals surface area contributed by atoms with Gasteiger partial charge < -0.3 is 21.5 Å². The summed E-state index contributed by atoms with van der Waals surface area (Å²) in [5, 5.41) is 3.44. The number of para-hydroxylation sites is 1. The Kier molecular flexibility index (Phi) is 7.63. The first-order chi connectivity index (χ1) is 19.4. The number of nitrogens with two attached hydrogens (primary N) is 2. The van der Waals surface area contributed by atoms with Crippen molar-refractivity contribution >= 4 is 23.8 Å². The van der Waals surface area contributed by atoms with Crippen LogP contribution in [0.3, 0.4) is 0 Å². The zero-order chi connectivity index (χ0) is 28.2. The predicted molar refractivity (Wildman–Crippen MR) is 158 cm³/mol. The minimum absolute atomic E-state index is 0.00259. The number of hydrogen-bond donors (Lipinski definition) is 3. The molecule has 5 N–H and O–H groups in total. The fourth-order valence-corrected chi connectivity index (χ4v) is 5.25. The molecule has 1 amide bonds. The second-order valence-corrected chi connectivity index (χ2v) is 9.88. The Morgan fingerprint density at radius 1 is 1.15 bits per heavy atom. The highest BCUT2D eigenvalue weighted by molar-refractivity contribution is 6.03. The summed E-state index contributed by atoms with van der Waals surface area (Å²) in [6.45, 7) is 4.00. The van der Waals surface area contributed by atoms with E-state index in [1.165, 1.54) is 0 Å². The van der Waals surface area contributed by atoms with Gasteiger partial charge in [-0.05, 0) is 48.4 Å². The lowest BCUT2D eigenvalue weighted by Gasteiger charge is -2.40. The molecule has 2 aromatic rings. The molecule has 5 rings (SSSR count). The van der Waals surface area contributed by atoms with Gasteiger partial charge in [-0.1, -0.05) is 49.4 Å². The lowest BCUT2D eigenvalue weighted by molar-refractivity contribution is -0.121. The standard InChI is InChI=1S/C31H33N7O2/c1-19-9-8-14-35-28(19)29(37-31(32)33)36-20(2)26-16-21-10-7-13-25(22-15-24(40-3)18-34-17-22)27(21)30(39)38(26)23-11-5-4-6-12-23/h4-20,25,27,36H,1-3H3,(H4,32,33,37)/b29-28+/t19?,20-,25?,27?/m0/s1. The smallest absolute Gasteiger partial charge is 0.239 e. The number of nitrogens with one attached hydrogen (secondary N) is 1. The molecule has 9 heteroatoms. The second kappa shape index (κ2) is 11.4. The Balaban J connectivity index is 1.58. The number of fused-ring (bicyclic) bond motifs is 1. The van der Waals surface area contributed by atoms with E-state index >= 15 is 0 Å². The molecule has 0 saturated heterocycles. The number of carbonyl (C=O) groups excluding carboxylic acids is 1. The van der Waals surface area contributed by atoms with E-state index in [9.17, 15) is 4.79 Å². The van der Waals surface area contributed by atoms with E-state index in [-0.39, 0.29) is 29.7 Å². The number of pyridine rings is 1. The Hall–Kier alpha value is -4.92. The van der Waals surface area contributed by atoms with Gasteiger partial charge in [0.1, 0.15) is 5.75 Å². The second-order valence-electron chi connectivity index (χ2n) is 9.88. The number of hydrogen-bond acceptors (Lipinski definition) is 6. The summed E-state index contributed by atoms with van der Waals surface area (Å²) in [6, 6.07) is 11.2. The number of ether oxygens (including phenoxy) is 1. The summed E-state index contributed by atoms with van der Waals surface area (Å²) in [4.78, 5) is 29.5. The van der Waals surface area contributed by atoms with Gasteiger partial charge >= 0.3 is 0 Å². The van der Waals surface area contributed by atoms with E-state index < -0.39 is 5.92 Å². The van der Waals surface area contributed by atoms with Gasteiger partial charge in [-0.15, -0.1) is 0 Å². The van der Waals surface area contributed by atoms with Crippen LogP contribution in [-0.4, -0.2) is 36.2 Å². The van der Waals surface area contributed by atoms with E-state index in [1.807, 2.05) is 80.6 Å². The molecule has 0 radical (unpaired) electrons. The normalized spacial score (nSPS) is 23.5. The Labute approximate surface area is 234 Å². The number of rotatable bonds is 7. The molecule has 1 aromatic heterocycles. The van der Waals surface area contributed by atoms with E-state index in [1.54, 1.807) is 30.6 Å². The van der Waals surface area contributed by atoms with Gasteiger partial charge in [0, 0.05) is 35.6 Å². The van der Waals surface area contributed by atoms with Crippen molar-refractivity contribution in [1.82, 2.24) is 10.3 Å². The van der Waals surface area contributed by atoms with E-state index in [0.717, 1.165) is 22.5 Å². The number of allylic oxidation sites excluding steroid dienone is 6. The van der Waals surface area contributed by atoms with Crippen LogP contribution in [0.4, 0.5) is 5.69 Å². The monoisotopic (exact) mass is 535 g/mol. The number of methoxy groups -OCH3 is 1. The quantitative estimate of drug-likeness (QED) is 0.364. The topological polar surface area (TPSA) is 131 Å². The molecule has 4 atom stereocenters. The number of amides is 1. The largest absolute Gasteiger partial charge is 0.495 e. The predicted octanol–water partition coefficient (Wildman–Crippen LogP) is 3.91. The van der Waals surface area contributed by atoms with Crippen LogP contribution in [0.1, 0.15) is 25.3 Å². The van der Waals surface area contributed by atoms with Gasteiger partial charge in [-0.3, -0.25) is 19.7 Å². The van der Waals surface area contributed by atoms with Gasteiger partial charge in [0.05, 0.1) is 31.0 Å². The number of aliphatic imine (C=N–C) groups is 2. The SMILES string of the molecule is COc1cncc(C2C=CC=C3C=C([C@H](C)N/C(N=C(N)N)=C4\N=CC=CC4C)N(c4ccccc4)C(=O)C32)c1. The van der Waals surface area contributed by atoms with Crippen molar-refractivity contribution in [2.45, 2.75) is 25.8 Å². The number of dihydropyridines is 1. The van der Waals surface area contributed by atoms with E-state index in [2.05, 4.69) is 26.4 Å². The first-order valence-electron chi connectivity index (χ1n) is 13.2. The first-order valence-corrected chi connectivity index (χ1v) is 13.2. The van der Waals surface area contributed by atoms with Crippen molar-refractivity contribution < 1.29 is 9.53 Å². The summed E-state index contributed by atoms with van der Waals surface area (Å²) in [5.41, 5.74) is 15.7. The molecule has 0 spiro atoms. The fourth-order valence-electron chi connectivity index (χ4n) is 5.25.